The maximum Gasteiger partial charge on any atom is 0.276 e. The highest BCUT2D eigenvalue weighted by Crippen LogP contribution is 2.21. The molecule has 0 aliphatic rings. The molecule has 6 heteroatoms. The molecule has 0 saturated carbocycles. The van der Waals surface area contributed by atoms with E-state index in [1.165, 1.54) is 23.1 Å². The summed E-state index contributed by atoms with van der Waals surface area (Å²) in [6.07, 6.45) is 0. The highest BCUT2D eigenvalue weighted by molar-refractivity contribution is 6.31. The minimum atomic E-state index is -0.441. The molecular formula is C13H12ClFN2O2. The zero-order valence-corrected chi connectivity index (χ0v) is 11.2. The predicted molar refractivity (Wildman–Crippen MR) is 68.4 cm³/mol. The number of carbonyl (C=O) groups excluding carboxylic acids is 1. The summed E-state index contributed by atoms with van der Waals surface area (Å²) < 4.78 is 18.5. The molecule has 0 saturated heterocycles. The number of hydrogen-bond acceptors (Lipinski definition) is 3. The molecule has 0 fully saturated rings. The van der Waals surface area contributed by atoms with E-state index in [0.29, 0.717) is 5.76 Å². The second kappa shape index (κ2) is 5.40. The molecule has 1 aromatic heterocycles. The van der Waals surface area contributed by atoms with Crippen LogP contribution in [0.1, 0.15) is 21.8 Å². The molecule has 1 amide bonds. The fraction of sp³-hybridized carbons (Fsp3) is 0.231. The molecule has 0 radical (unpaired) electrons. The summed E-state index contributed by atoms with van der Waals surface area (Å²) in [6.45, 7) is 1.76. The largest absolute Gasteiger partial charge is 0.361 e. The predicted octanol–water partition coefficient (Wildman–Crippen LogP) is 3.05. The Morgan fingerprint density at radius 1 is 1.53 bits per heavy atom. The summed E-state index contributed by atoms with van der Waals surface area (Å²) in [4.78, 5) is 13.4. The highest BCUT2D eigenvalue weighted by Gasteiger charge is 2.18. The summed E-state index contributed by atoms with van der Waals surface area (Å²) in [7, 11) is 1.55. The first-order valence-corrected chi connectivity index (χ1v) is 5.98. The number of benzene rings is 1. The van der Waals surface area contributed by atoms with Crippen LogP contribution in [0.5, 0.6) is 0 Å². The fourth-order valence-corrected chi connectivity index (χ4v) is 1.88. The van der Waals surface area contributed by atoms with Crippen LogP contribution in [-0.4, -0.2) is 23.0 Å². The summed E-state index contributed by atoms with van der Waals surface area (Å²) in [6, 6.07) is 5.93. The van der Waals surface area contributed by atoms with E-state index in [4.69, 9.17) is 16.1 Å². The first-order chi connectivity index (χ1) is 8.99. The Balaban J connectivity index is 2.17. The van der Waals surface area contributed by atoms with Gasteiger partial charge in [-0.05, 0) is 19.1 Å². The van der Waals surface area contributed by atoms with Gasteiger partial charge in [0, 0.05) is 23.7 Å². The maximum atomic E-state index is 13.6. The van der Waals surface area contributed by atoms with Gasteiger partial charge in [0.1, 0.15) is 11.6 Å². The van der Waals surface area contributed by atoms with Gasteiger partial charge in [0.25, 0.3) is 5.91 Å². The van der Waals surface area contributed by atoms with Crippen LogP contribution in [-0.2, 0) is 6.54 Å². The molecule has 19 heavy (non-hydrogen) atoms. The van der Waals surface area contributed by atoms with Crippen molar-refractivity contribution in [2.75, 3.05) is 7.05 Å². The number of halogens is 2. The third-order valence-corrected chi connectivity index (χ3v) is 3.00. The normalized spacial score (nSPS) is 10.5. The summed E-state index contributed by atoms with van der Waals surface area (Å²) >= 11 is 5.92. The van der Waals surface area contributed by atoms with Gasteiger partial charge in [-0.3, -0.25) is 4.79 Å². The molecule has 0 spiro atoms. The number of hydrogen-bond donors (Lipinski definition) is 0. The van der Waals surface area contributed by atoms with E-state index in [9.17, 15) is 9.18 Å². The van der Waals surface area contributed by atoms with E-state index in [-0.39, 0.29) is 28.7 Å². The molecule has 0 aliphatic carbocycles. The number of aromatic nitrogens is 1. The standard InChI is InChI=1S/C13H12ClFN2O2/c1-8-6-12(16-19-8)13(18)17(2)7-9-10(14)4-3-5-11(9)15/h3-6H,7H2,1-2H3. The summed E-state index contributed by atoms with van der Waals surface area (Å²) in [5.74, 6) is -0.250. The smallest absolute Gasteiger partial charge is 0.276 e. The minimum absolute atomic E-state index is 0.0657. The van der Waals surface area contributed by atoms with Crippen molar-refractivity contribution in [3.8, 4) is 0 Å². The van der Waals surface area contributed by atoms with Gasteiger partial charge >= 0.3 is 0 Å². The Morgan fingerprint density at radius 3 is 2.84 bits per heavy atom. The van der Waals surface area contributed by atoms with E-state index in [1.54, 1.807) is 20.0 Å². The maximum absolute atomic E-state index is 13.6. The molecule has 2 rings (SSSR count). The van der Waals surface area contributed by atoms with E-state index < -0.39 is 5.82 Å². The first-order valence-electron chi connectivity index (χ1n) is 5.60. The van der Waals surface area contributed by atoms with E-state index in [1.807, 2.05) is 0 Å². The molecule has 1 heterocycles. The molecule has 0 bridgehead atoms. The van der Waals surface area contributed by atoms with Crippen LogP contribution in [0.15, 0.2) is 28.8 Å². The lowest BCUT2D eigenvalue weighted by molar-refractivity contribution is 0.0773. The lowest BCUT2D eigenvalue weighted by atomic mass is 10.2. The van der Waals surface area contributed by atoms with Gasteiger partial charge in [-0.2, -0.15) is 0 Å². The van der Waals surface area contributed by atoms with Crippen molar-refractivity contribution in [3.63, 3.8) is 0 Å². The number of nitrogens with zero attached hydrogens (tertiary/aromatic N) is 2. The average molecular weight is 283 g/mol. The van der Waals surface area contributed by atoms with Crippen LogP contribution < -0.4 is 0 Å². The number of aryl methyl sites for hydroxylation is 1. The van der Waals surface area contributed by atoms with Crippen LogP contribution in [0.2, 0.25) is 5.02 Å². The van der Waals surface area contributed by atoms with Crippen LogP contribution in [0.4, 0.5) is 4.39 Å². The van der Waals surface area contributed by atoms with Crippen molar-refractivity contribution in [2.45, 2.75) is 13.5 Å². The Bertz CT molecular complexity index is 592. The first kappa shape index (κ1) is 13.5. The van der Waals surface area contributed by atoms with Crippen molar-refractivity contribution in [1.82, 2.24) is 10.1 Å². The minimum Gasteiger partial charge on any atom is -0.361 e. The van der Waals surface area contributed by atoms with E-state index in [0.717, 1.165) is 0 Å². The molecule has 1 aromatic carbocycles. The van der Waals surface area contributed by atoms with E-state index in [2.05, 4.69) is 5.16 Å². The van der Waals surface area contributed by atoms with Crippen molar-refractivity contribution >= 4 is 17.5 Å². The Morgan fingerprint density at radius 2 is 2.26 bits per heavy atom. The van der Waals surface area contributed by atoms with E-state index >= 15 is 0 Å². The highest BCUT2D eigenvalue weighted by atomic mass is 35.5. The van der Waals surface area contributed by atoms with Crippen LogP contribution in [0.3, 0.4) is 0 Å². The van der Waals surface area contributed by atoms with Gasteiger partial charge in [0.2, 0.25) is 0 Å². The number of rotatable bonds is 3. The molecule has 4 nitrogen and oxygen atoms in total. The number of amides is 1. The van der Waals surface area contributed by atoms with Crippen molar-refractivity contribution < 1.29 is 13.7 Å². The van der Waals surface area contributed by atoms with Gasteiger partial charge in [0.15, 0.2) is 5.69 Å². The third kappa shape index (κ3) is 2.93. The van der Waals surface area contributed by atoms with Crippen molar-refractivity contribution in [1.29, 1.82) is 0 Å². The Hall–Kier alpha value is -1.88. The monoisotopic (exact) mass is 282 g/mol. The topological polar surface area (TPSA) is 46.3 Å². The second-order valence-corrected chi connectivity index (χ2v) is 4.59. The van der Waals surface area contributed by atoms with Crippen molar-refractivity contribution in [3.05, 3.63) is 52.1 Å². The second-order valence-electron chi connectivity index (χ2n) is 4.18. The average Bonchev–Trinajstić information content (AvgIpc) is 2.79. The lowest BCUT2D eigenvalue weighted by Gasteiger charge is -2.16. The molecule has 0 aliphatic heterocycles. The number of carbonyl (C=O) groups is 1. The van der Waals surface area contributed by atoms with Crippen LogP contribution in [0, 0.1) is 12.7 Å². The molecule has 0 unspecified atom stereocenters. The third-order valence-electron chi connectivity index (χ3n) is 2.65. The molecular weight excluding hydrogens is 271 g/mol. The van der Waals surface area contributed by atoms with Gasteiger partial charge in [0.05, 0.1) is 6.54 Å². The SMILES string of the molecule is Cc1cc(C(=O)N(C)Cc2c(F)cccc2Cl)no1. The molecule has 100 valence electrons. The van der Waals surface area contributed by atoms with Crippen molar-refractivity contribution in [2.24, 2.45) is 0 Å². The molecule has 0 atom stereocenters. The van der Waals surface area contributed by atoms with Gasteiger partial charge < -0.3 is 9.42 Å². The fourth-order valence-electron chi connectivity index (χ4n) is 1.66. The van der Waals surface area contributed by atoms with Gasteiger partial charge in [-0.25, -0.2) is 4.39 Å². The zero-order chi connectivity index (χ0) is 14.0. The molecule has 2 aromatic rings. The molecule has 0 N–H and O–H groups in total. The summed E-state index contributed by atoms with van der Waals surface area (Å²) in [5.41, 5.74) is 0.465. The van der Waals surface area contributed by atoms with Crippen LogP contribution in [0.25, 0.3) is 0 Å². The zero-order valence-electron chi connectivity index (χ0n) is 10.5. The Labute approximate surface area is 114 Å². The Kier molecular flexibility index (Phi) is 3.85. The van der Waals surface area contributed by atoms with Gasteiger partial charge in [-0.1, -0.05) is 22.8 Å². The lowest BCUT2D eigenvalue weighted by Crippen LogP contribution is -2.27. The summed E-state index contributed by atoms with van der Waals surface area (Å²) in [5, 5.41) is 3.92. The van der Waals surface area contributed by atoms with Gasteiger partial charge in [-0.15, -0.1) is 0 Å². The quantitative estimate of drug-likeness (QED) is 0.869. The van der Waals surface area contributed by atoms with Crippen LogP contribution >= 0.6 is 11.6 Å².